The zero-order chi connectivity index (χ0) is 21.9. The summed E-state index contributed by atoms with van der Waals surface area (Å²) in [6, 6.07) is 5.77. The van der Waals surface area contributed by atoms with Gasteiger partial charge in [-0.15, -0.1) is 0 Å². The van der Waals surface area contributed by atoms with Gasteiger partial charge in [-0.1, -0.05) is 11.6 Å². The van der Waals surface area contributed by atoms with Crippen LogP contribution >= 0.6 is 11.6 Å². The number of amides is 1. The van der Waals surface area contributed by atoms with Crippen LogP contribution in [0.15, 0.2) is 30.6 Å². The molecule has 1 aliphatic heterocycles. The maximum Gasteiger partial charge on any atom is 0.410 e. The third kappa shape index (κ3) is 5.44. The molecule has 1 amide bonds. The Morgan fingerprint density at radius 1 is 1.23 bits per heavy atom. The number of hydrogen-bond acceptors (Lipinski definition) is 7. The minimum absolute atomic E-state index is 0.143. The number of pyridine rings is 2. The average molecular weight is 434 g/mol. The fourth-order valence-electron chi connectivity index (χ4n) is 3.28. The summed E-state index contributed by atoms with van der Waals surface area (Å²) in [6.45, 7) is 9.62. The molecular formula is C21H28ClN5O3. The van der Waals surface area contributed by atoms with E-state index in [1.165, 1.54) is 6.20 Å². The van der Waals surface area contributed by atoms with Crippen molar-refractivity contribution in [3.8, 4) is 5.88 Å². The molecule has 0 saturated carbocycles. The molecule has 3 rings (SSSR count). The van der Waals surface area contributed by atoms with Crippen molar-refractivity contribution in [1.82, 2.24) is 14.9 Å². The van der Waals surface area contributed by atoms with Crippen LogP contribution in [-0.2, 0) is 4.74 Å². The molecule has 1 aliphatic rings. The fourth-order valence-corrected chi connectivity index (χ4v) is 3.44. The Labute approximate surface area is 182 Å². The van der Waals surface area contributed by atoms with Gasteiger partial charge in [0.2, 0.25) is 5.88 Å². The molecule has 3 heterocycles. The smallest absolute Gasteiger partial charge is 0.410 e. The number of rotatable bonds is 4. The fraction of sp³-hybridized carbons (Fsp3) is 0.476. The van der Waals surface area contributed by atoms with E-state index >= 15 is 0 Å². The molecule has 162 valence electrons. The van der Waals surface area contributed by atoms with E-state index in [2.05, 4.69) is 27.1 Å². The maximum atomic E-state index is 12.3. The molecule has 1 atom stereocenters. The Hall–Kier alpha value is -2.74. The number of anilines is 3. The van der Waals surface area contributed by atoms with Crippen LogP contribution in [0.4, 0.5) is 22.0 Å². The van der Waals surface area contributed by atoms with Crippen LogP contribution in [0.2, 0.25) is 5.02 Å². The van der Waals surface area contributed by atoms with Crippen LogP contribution in [0.25, 0.3) is 0 Å². The van der Waals surface area contributed by atoms with E-state index in [-0.39, 0.29) is 12.1 Å². The summed E-state index contributed by atoms with van der Waals surface area (Å²) < 4.78 is 10.7. The van der Waals surface area contributed by atoms with Gasteiger partial charge in [-0.3, -0.25) is 0 Å². The van der Waals surface area contributed by atoms with Crippen LogP contribution in [0.3, 0.4) is 0 Å². The van der Waals surface area contributed by atoms with Crippen LogP contribution < -0.4 is 15.0 Å². The van der Waals surface area contributed by atoms with Crippen LogP contribution in [0.5, 0.6) is 5.88 Å². The minimum atomic E-state index is -0.495. The largest absolute Gasteiger partial charge is 0.480 e. The first-order valence-corrected chi connectivity index (χ1v) is 10.2. The van der Waals surface area contributed by atoms with Crippen molar-refractivity contribution in [3.63, 3.8) is 0 Å². The number of halogens is 1. The molecule has 0 radical (unpaired) electrons. The monoisotopic (exact) mass is 433 g/mol. The summed E-state index contributed by atoms with van der Waals surface area (Å²) in [5.41, 5.74) is 1.14. The zero-order valence-electron chi connectivity index (χ0n) is 18.0. The molecule has 1 N–H and O–H groups in total. The number of hydrogen-bond donors (Lipinski definition) is 1. The molecule has 9 heteroatoms. The lowest BCUT2D eigenvalue weighted by Crippen LogP contribution is -2.54. The summed E-state index contributed by atoms with van der Waals surface area (Å²) in [6.07, 6.45) is 3.07. The van der Waals surface area contributed by atoms with Gasteiger partial charge in [-0.25, -0.2) is 14.8 Å². The number of carbonyl (C=O) groups is 1. The predicted molar refractivity (Wildman–Crippen MR) is 118 cm³/mol. The topological polar surface area (TPSA) is 79.8 Å². The quantitative estimate of drug-likeness (QED) is 0.768. The molecule has 0 aromatic carbocycles. The van der Waals surface area contributed by atoms with Crippen molar-refractivity contribution >= 4 is 34.9 Å². The van der Waals surface area contributed by atoms with Gasteiger partial charge >= 0.3 is 6.09 Å². The van der Waals surface area contributed by atoms with Crippen molar-refractivity contribution in [2.45, 2.75) is 39.3 Å². The van der Waals surface area contributed by atoms with E-state index in [1.54, 1.807) is 18.1 Å². The van der Waals surface area contributed by atoms with Gasteiger partial charge in [-0.2, -0.15) is 0 Å². The summed E-state index contributed by atoms with van der Waals surface area (Å²) in [5, 5.41) is 3.68. The lowest BCUT2D eigenvalue weighted by molar-refractivity contribution is 0.0219. The molecule has 0 aliphatic carbocycles. The zero-order valence-corrected chi connectivity index (χ0v) is 18.7. The first kappa shape index (κ1) is 22.0. The third-order valence-corrected chi connectivity index (χ3v) is 4.84. The Morgan fingerprint density at radius 2 is 2.00 bits per heavy atom. The molecule has 0 bridgehead atoms. The predicted octanol–water partition coefficient (Wildman–Crippen LogP) is 4.33. The minimum Gasteiger partial charge on any atom is -0.480 e. The van der Waals surface area contributed by atoms with Gasteiger partial charge in [0, 0.05) is 31.9 Å². The Kier molecular flexibility index (Phi) is 6.55. The molecule has 8 nitrogen and oxygen atoms in total. The van der Waals surface area contributed by atoms with Crippen molar-refractivity contribution in [1.29, 1.82) is 0 Å². The Bertz CT molecular complexity index is 885. The van der Waals surface area contributed by atoms with E-state index in [4.69, 9.17) is 21.1 Å². The van der Waals surface area contributed by atoms with Crippen molar-refractivity contribution < 1.29 is 14.3 Å². The first-order valence-electron chi connectivity index (χ1n) is 9.83. The van der Waals surface area contributed by atoms with E-state index in [9.17, 15) is 4.79 Å². The highest BCUT2D eigenvalue weighted by molar-refractivity contribution is 6.30. The third-order valence-electron chi connectivity index (χ3n) is 4.63. The van der Waals surface area contributed by atoms with Crippen molar-refractivity contribution in [3.05, 3.63) is 35.6 Å². The second-order valence-electron chi connectivity index (χ2n) is 8.21. The molecule has 2 aromatic heterocycles. The number of carbonyl (C=O) groups excluding carboxylic acids is 1. The number of aromatic nitrogens is 2. The summed E-state index contributed by atoms with van der Waals surface area (Å²) >= 11 is 6.03. The maximum absolute atomic E-state index is 12.3. The number of nitrogens with zero attached hydrogens (tertiary/aromatic N) is 4. The van der Waals surface area contributed by atoms with E-state index in [0.717, 1.165) is 5.69 Å². The summed E-state index contributed by atoms with van der Waals surface area (Å²) in [7, 11) is 1.55. The lowest BCUT2D eigenvalue weighted by atomic mass is 10.1. The molecule has 0 unspecified atom stereocenters. The highest BCUT2D eigenvalue weighted by atomic mass is 35.5. The first-order chi connectivity index (χ1) is 14.2. The van der Waals surface area contributed by atoms with Crippen molar-refractivity contribution in [2.75, 3.05) is 37.0 Å². The Balaban J connectivity index is 1.64. The Morgan fingerprint density at radius 3 is 2.60 bits per heavy atom. The highest BCUT2D eigenvalue weighted by Gasteiger charge is 2.30. The average Bonchev–Trinajstić information content (AvgIpc) is 2.67. The number of methoxy groups -OCH3 is 1. The highest BCUT2D eigenvalue weighted by Crippen LogP contribution is 2.28. The molecule has 30 heavy (non-hydrogen) atoms. The number of ether oxygens (including phenoxy) is 2. The molecule has 1 saturated heterocycles. The standard InChI is InChI=1S/C21H28ClN5O3/c1-14-13-26(20(28)30-21(2,3)4)8-9-27(14)16-6-7-18(23-12-16)25-17-10-15(22)11-24-19(17)29-5/h6-7,10-12,14H,8-9,13H2,1-5H3,(H,23,25)/t14-/m1/s1. The van der Waals surface area contributed by atoms with Gasteiger partial charge in [0.1, 0.15) is 17.1 Å². The van der Waals surface area contributed by atoms with Gasteiger partial charge < -0.3 is 24.6 Å². The van der Waals surface area contributed by atoms with Crippen LogP contribution in [-0.4, -0.2) is 59.3 Å². The molecule has 1 fully saturated rings. The molecular weight excluding hydrogens is 406 g/mol. The van der Waals surface area contributed by atoms with E-state index < -0.39 is 5.60 Å². The molecule has 2 aromatic rings. The van der Waals surface area contributed by atoms with Crippen LogP contribution in [0, 0.1) is 0 Å². The number of piperazine rings is 1. The molecule has 0 spiro atoms. The second kappa shape index (κ2) is 8.95. The van der Waals surface area contributed by atoms with Gasteiger partial charge in [0.05, 0.1) is 24.0 Å². The number of nitrogens with one attached hydrogen (secondary N) is 1. The normalized spacial score (nSPS) is 16.9. The second-order valence-corrected chi connectivity index (χ2v) is 8.64. The lowest BCUT2D eigenvalue weighted by Gasteiger charge is -2.41. The van der Waals surface area contributed by atoms with Crippen LogP contribution in [0.1, 0.15) is 27.7 Å². The van der Waals surface area contributed by atoms with Crippen molar-refractivity contribution in [2.24, 2.45) is 0 Å². The van der Waals surface area contributed by atoms with E-state index in [1.807, 2.05) is 39.1 Å². The van der Waals surface area contributed by atoms with Gasteiger partial charge in [-0.05, 0) is 45.9 Å². The van der Waals surface area contributed by atoms with E-state index in [0.29, 0.717) is 42.0 Å². The van der Waals surface area contributed by atoms with Gasteiger partial charge in [0.25, 0.3) is 0 Å². The summed E-state index contributed by atoms with van der Waals surface area (Å²) in [5.74, 6) is 1.10. The van der Waals surface area contributed by atoms with Gasteiger partial charge in [0.15, 0.2) is 0 Å². The SMILES string of the molecule is COc1ncc(Cl)cc1Nc1ccc(N2CCN(C(=O)OC(C)(C)C)C[C@H]2C)cn1. The summed E-state index contributed by atoms with van der Waals surface area (Å²) in [4.78, 5) is 25.0.